The molecule has 0 fully saturated rings. The van der Waals surface area contributed by atoms with Crippen molar-refractivity contribution in [3.05, 3.63) is 42.0 Å². The Morgan fingerprint density at radius 2 is 1.50 bits per heavy atom. The van der Waals surface area contributed by atoms with Gasteiger partial charge >= 0.3 is 17.9 Å². The van der Waals surface area contributed by atoms with Crippen LogP contribution in [0.3, 0.4) is 0 Å². The van der Waals surface area contributed by atoms with Crippen molar-refractivity contribution in [1.82, 2.24) is 0 Å². The first-order valence-electron chi connectivity index (χ1n) is 10.7. The molecule has 1 aromatic rings. The third-order valence-corrected chi connectivity index (χ3v) is 4.62. The largest absolute Gasteiger partial charge is 0.469 e. The van der Waals surface area contributed by atoms with Crippen LogP contribution in [0.25, 0.3) is 6.08 Å². The lowest BCUT2D eigenvalue weighted by Crippen LogP contribution is -2.23. The molecule has 0 aliphatic rings. The van der Waals surface area contributed by atoms with E-state index in [1.165, 1.54) is 13.2 Å². The number of unbranched alkanes of at least 4 members (excludes halogenated alkanes) is 5. The smallest absolute Gasteiger partial charge is 0.331 e. The zero-order valence-electron chi connectivity index (χ0n) is 18.1. The van der Waals surface area contributed by atoms with E-state index in [1.807, 2.05) is 37.3 Å². The van der Waals surface area contributed by atoms with Gasteiger partial charge in [-0.3, -0.25) is 9.59 Å². The highest BCUT2D eigenvalue weighted by Gasteiger charge is 2.13. The molecule has 30 heavy (non-hydrogen) atoms. The highest BCUT2D eigenvalue weighted by Crippen LogP contribution is 2.10. The summed E-state index contributed by atoms with van der Waals surface area (Å²) in [6.07, 6.45) is 9.63. The van der Waals surface area contributed by atoms with Crippen molar-refractivity contribution >= 4 is 24.0 Å². The summed E-state index contributed by atoms with van der Waals surface area (Å²) in [5.41, 5.74) is 0.914. The Hall–Kier alpha value is -2.63. The van der Waals surface area contributed by atoms with Crippen LogP contribution in [0.1, 0.15) is 70.3 Å². The minimum Gasteiger partial charge on any atom is -0.469 e. The molecule has 0 aliphatic carbocycles. The standard InChI is InChI=1S/C24H34O6/c1-3-21(30-24(27)18-17-20-13-9-8-10-14-20)19-29-23(26)16-12-7-5-4-6-11-15-22(25)28-2/h8-10,13-14,17-18,21H,3-7,11-12,15-16,19H2,1-2H3/b18-17+. The summed E-state index contributed by atoms with van der Waals surface area (Å²) in [5, 5.41) is 0. The third kappa shape index (κ3) is 12.8. The molecular weight excluding hydrogens is 384 g/mol. The van der Waals surface area contributed by atoms with Crippen molar-refractivity contribution in [1.29, 1.82) is 0 Å². The molecule has 0 saturated heterocycles. The van der Waals surface area contributed by atoms with Crippen LogP contribution in [0.15, 0.2) is 36.4 Å². The fraction of sp³-hybridized carbons (Fsp3) is 0.542. The van der Waals surface area contributed by atoms with E-state index in [0.717, 1.165) is 44.1 Å². The molecule has 6 nitrogen and oxygen atoms in total. The average molecular weight is 419 g/mol. The fourth-order valence-corrected chi connectivity index (χ4v) is 2.77. The zero-order chi connectivity index (χ0) is 22.0. The van der Waals surface area contributed by atoms with Gasteiger partial charge < -0.3 is 14.2 Å². The van der Waals surface area contributed by atoms with Crippen LogP contribution in [0.2, 0.25) is 0 Å². The third-order valence-electron chi connectivity index (χ3n) is 4.62. The number of benzene rings is 1. The van der Waals surface area contributed by atoms with Gasteiger partial charge in [-0.25, -0.2) is 4.79 Å². The highest BCUT2D eigenvalue weighted by molar-refractivity contribution is 5.87. The SMILES string of the molecule is CCC(COC(=O)CCCCCCCCC(=O)OC)OC(=O)/C=C/c1ccccc1. The maximum Gasteiger partial charge on any atom is 0.331 e. The van der Waals surface area contributed by atoms with E-state index in [2.05, 4.69) is 4.74 Å². The Morgan fingerprint density at radius 3 is 2.10 bits per heavy atom. The van der Waals surface area contributed by atoms with E-state index in [9.17, 15) is 14.4 Å². The first kappa shape index (κ1) is 25.4. The summed E-state index contributed by atoms with van der Waals surface area (Å²) in [4.78, 5) is 34.8. The summed E-state index contributed by atoms with van der Waals surface area (Å²) < 4.78 is 15.2. The fourth-order valence-electron chi connectivity index (χ4n) is 2.77. The van der Waals surface area contributed by atoms with Gasteiger partial charge in [0.2, 0.25) is 0 Å². The maximum atomic E-state index is 11.9. The minimum absolute atomic E-state index is 0.0772. The van der Waals surface area contributed by atoms with Crippen molar-refractivity contribution in [3.63, 3.8) is 0 Å². The number of carbonyl (C=O) groups excluding carboxylic acids is 3. The summed E-state index contributed by atoms with van der Waals surface area (Å²) in [7, 11) is 1.40. The zero-order valence-corrected chi connectivity index (χ0v) is 18.1. The van der Waals surface area contributed by atoms with E-state index in [4.69, 9.17) is 9.47 Å². The molecule has 0 aromatic heterocycles. The molecular formula is C24H34O6. The van der Waals surface area contributed by atoms with E-state index < -0.39 is 12.1 Å². The molecule has 1 rings (SSSR count). The predicted octanol–water partition coefficient (Wildman–Crippen LogP) is 4.86. The second kappa shape index (κ2) is 16.2. The molecule has 0 saturated carbocycles. The Bertz CT molecular complexity index is 653. The number of carbonyl (C=O) groups is 3. The molecule has 1 aromatic carbocycles. The lowest BCUT2D eigenvalue weighted by molar-refractivity contribution is -0.155. The van der Waals surface area contributed by atoms with Crippen LogP contribution < -0.4 is 0 Å². The molecule has 1 atom stereocenters. The summed E-state index contributed by atoms with van der Waals surface area (Å²) >= 11 is 0. The van der Waals surface area contributed by atoms with E-state index in [-0.39, 0.29) is 18.5 Å². The molecule has 0 heterocycles. The number of methoxy groups -OCH3 is 1. The van der Waals surface area contributed by atoms with Crippen molar-refractivity contribution < 1.29 is 28.6 Å². The highest BCUT2D eigenvalue weighted by atomic mass is 16.6. The number of ether oxygens (including phenoxy) is 3. The maximum absolute atomic E-state index is 11.9. The molecule has 1 unspecified atom stereocenters. The quantitative estimate of drug-likeness (QED) is 0.175. The van der Waals surface area contributed by atoms with E-state index in [0.29, 0.717) is 19.3 Å². The predicted molar refractivity (Wildman–Crippen MR) is 116 cm³/mol. The Kier molecular flexibility index (Phi) is 13.7. The normalized spacial score (nSPS) is 11.8. The van der Waals surface area contributed by atoms with Crippen molar-refractivity contribution in [2.75, 3.05) is 13.7 Å². The molecule has 0 amide bonds. The van der Waals surface area contributed by atoms with Crippen LogP contribution in [0.4, 0.5) is 0 Å². The van der Waals surface area contributed by atoms with Crippen LogP contribution >= 0.6 is 0 Å². The summed E-state index contributed by atoms with van der Waals surface area (Å²) in [6, 6.07) is 9.48. The van der Waals surface area contributed by atoms with Gasteiger partial charge in [0.1, 0.15) is 12.7 Å². The van der Waals surface area contributed by atoms with Gasteiger partial charge in [-0.15, -0.1) is 0 Å². The molecule has 6 heteroatoms. The van der Waals surface area contributed by atoms with Gasteiger partial charge in [-0.2, -0.15) is 0 Å². The minimum atomic E-state index is -0.450. The topological polar surface area (TPSA) is 78.9 Å². The number of esters is 3. The monoisotopic (exact) mass is 418 g/mol. The van der Waals surface area contributed by atoms with Gasteiger partial charge in [-0.05, 0) is 30.9 Å². The van der Waals surface area contributed by atoms with Crippen LogP contribution in [0, 0.1) is 0 Å². The average Bonchev–Trinajstić information content (AvgIpc) is 2.77. The second-order valence-corrected chi connectivity index (χ2v) is 7.09. The molecule has 0 radical (unpaired) electrons. The number of hydrogen-bond acceptors (Lipinski definition) is 6. The lowest BCUT2D eigenvalue weighted by Gasteiger charge is -2.15. The number of rotatable bonds is 15. The number of hydrogen-bond donors (Lipinski definition) is 0. The van der Waals surface area contributed by atoms with Crippen LogP contribution in [-0.2, 0) is 28.6 Å². The van der Waals surface area contributed by atoms with Crippen molar-refractivity contribution in [2.24, 2.45) is 0 Å². The van der Waals surface area contributed by atoms with Gasteiger partial charge in [0.25, 0.3) is 0 Å². The van der Waals surface area contributed by atoms with Crippen molar-refractivity contribution in [3.8, 4) is 0 Å². The molecule has 0 N–H and O–H groups in total. The summed E-state index contributed by atoms with van der Waals surface area (Å²) in [5.74, 6) is -0.884. The van der Waals surface area contributed by atoms with Crippen LogP contribution in [-0.4, -0.2) is 37.7 Å². The van der Waals surface area contributed by atoms with E-state index >= 15 is 0 Å². The van der Waals surface area contributed by atoms with Gasteiger partial charge in [-0.1, -0.05) is 62.9 Å². The Balaban J connectivity index is 2.11. The Labute approximate surface area is 179 Å². The molecule has 166 valence electrons. The summed E-state index contributed by atoms with van der Waals surface area (Å²) in [6.45, 7) is 1.96. The lowest BCUT2D eigenvalue weighted by atomic mass is 10.1. The van der Waals surface area contributed by atoms with Gasteiger partial charge in [0, 0.05) is 18.9 Å². The first-order valence-corrected chi connectivity index (χ1v) is 10.7. The first-order chi connectivity index (χ1) is 14.5. The molecule has 0 aliphatic heterocycles. The molecule has 0 spiro atoms. The van der Waals surface area contributed by atoms with Crippen molar-refractivity contribution in [2.45, 2.75) is 70.8 Å². The second-order valence-electron chi connectivity index (χ2n) is 7.09. The molecule has 0 bridgehead atoms. The van der Waals surface area contributed by atoms with E-state index in [1.54, 1.807) is 6.08 Å². The van der Waals surface area contributed by atoms with Gasteiger partial charge in [0.05, 0.1) is 7.11 Å². The van der Waals surface area contributed by atoms with Crippen LogP contribution in [0.5, 0.6) is 0 Å². The Morgan fingerprint density at radius 1 is 0.900 bits per heavy atom. The van der Waals surface area contributed by atoms with Gasteiger partial charge in [0.15, 0.2) is 0 Å².